The van der Waals surface area contributed by atoms with Crippen LogP contribution in [0.4, 0.5) is 11.5 Å². The Morgan fingerprint density at radius 3 is 3.06 bits per heavy atom. The van der Waals surface area contributed by atoms with Crippen LogP contribution >= 0.6 is 0 Å². The fourth-order valence-electron chi connectivity index (χ4n) is 1.67. The molecule has 18 heavy (non-hydrogen) atoms. The van der Waals surface area contributed by atoms with Crippen molar-refractivity contribution in [3.8, 4) is 0 Å². The van der Waals surface area contributed by atoms with E-state index >= 15 is 0 Å². The average Bonchev–Trinajstić information content (AvgIpc) is 2.84. The Hall–Kier alpha value is -2.37. The lowest BCUT2D eigenvalue weighted by molar-refractivity contribution is -0.384. The third-order valence-electron chi connectivity index (χ3n) is 2.55. The third kappa shape index (κ3) is 2.85. The molecule has 0 amide bonds. The Balaban J connectivity index is 2.02. The number of pyridine rings is 1. The number of H-pyrrole nitrogens is 1. The molecule has 0 aromatic carbocycles. The van der Waals surface area contributed by atoms with E-state index < -0.39 is 4.92 Å². The predicted molar refractivity (Wildman–Crippen MR) is 68.6 cm³/mol. The van der Waals surface area contributed by atoms with Crippen molar-refractivity contribution in [3.05, 3.63) is 52.0 Å². The number of anilines is 1. The molecule has 0 fully saturated rings. The van der Waals surface area contributed by atoms with Crippen molar-refractivity contribution in [3.63, 3.8) is 0 Å². The normalized spacial score (nSPS) is 10.3. The second kappa shape index (κ2) is 5.31. The minimum absolute atomic E-state index is 0.0153. The maximum Gasteiger partial charge on any atom is 0.311 e. The molecule has 6 nitrogen and oxygen atoms in total. The van der Waals surface area contributed by atoms with Crippen molar-refractivity contribution in [1.29, 1.82) is 0 Å². The van der Waals surface area contributed by atoms with E-state index in [1.807, 2.05) is 18.3 Å². The molecule has 0 saturated carbocycles. The van der Waals surface area contributed by atoms with Gasteiger partial charge in [-0.2, -0.15) is 0 Å². The van der Waals surface area contributed by atoms with Crippen LogP contribution in [0, 0.1) is 17.0 Å². The zero-order chi connectivity index (χ0) is 13.0. The van der Waals surface area contributed by atoms with E-state index in [9.17, 15) is 10.1 Å². The molecular formula is C12H14N4O2. The van der Waals surface area contributed by atoms with Crippen molar-refractivity contribution in [2.75, 3.05) is 11.9 Å². The summed E-state index contributed by atoms with van der Waals surface area (Å²) in [5.74, 6) is 0.317. The molecule has 0 bridgehead atoms. The van der Waals surface area contributed by atoms with Crippen LogP contribution in [0.2, 0.25) is 0 Å². The van der Waals surface area contributed by atoms with Gasteiger partial charge in [0.05, 0.1) is 4.92 Å². The summed E-state index contributed by atoms with van der Waals surface area (Å²) in [6.45, 7) is 2.38. The summed E-state index contributed by atoms with van der Waals surface area (Å²) in [6, 6.07) is 5.41. The standard InChI is InChI=1S/C12H14N4O2/c1-9-7-11(16(17)18)12(15-8-9)14-6-4-10-3-2-5-13-10/h2-3,5,7-8,13H,4,6H2,1H3,(H,14,15). The first kappa shape index (κ1) is 12.1. The van der Waals surface area contributed by atoms with Gasteiger partial charge in [0.1, 0.15) is 0 Å². The first-order chi connectivity index (χ1) is 8.66. The van der Waals surface area contributed by atoms with E-state index in [0.29, 0.717) is 12.4 Å². The van der Waals surface area contributed by atoms with Crippen LogP contribution < -0.4 is 5.32 Å². The molecule has 2 aromatic rings. The highest BCUT2D eigenvalue weighted by Gasteiger charge is 2.14. The Morgan fingerprint density at radius 1 is 1.56 bits per heavy atom. The molecule has 0 aliphatic carbocycles. The van der Waals surface area contributed by atoms with Gasteiger partial charge in [0.15, 0.2) is 0 Å². The zero-order valence-electron chi connectivity index (χ0n) is 10.0. The Morgan fingerprint density at radius 2 is 2.39 bits per heavy atom. The lowest BCUT2D eigenvalue weighted by Crippen LogP contribution is -2.08. The highest BCUT2D eigenvalue weighted by Crippen LogP contribution is 2.22. The number of nitro groups is 1. The highest BCUT2D eigenvalue weighted by atomic mass is 16.6. The maximum absolute atomic E-state index is 10.9. The average molecular weight is 246 g/mol. The van der Waals surface area contributed by atoms with Gasteiger partial charge in [-0.25, -0.2) is 4.98 Å². The van der Waals surface area contributed by atoms with Crippen LogP contribution in [-0.2, 0) is 6.42 Å². The molecule has 2 N–H and O–H groups in total. The Bertz CT molecular complexity index is 537. The zero-order valence-corrected chi connectivity index (χ0v) is 10.0. The van der Waals surface area contributed by atoms with Crippen LogP contribution in [0.15, 0.2) is 30.6 Å². The van der Waals surface area contributed by atoms with Gasteiger partial charge >= 0.3 is 5.69 Å². The van der Waals surface area contributed by atoms with E-state index in [4.69, 9.17) is 0 Å². The van der Waals surface area contributed by atoms with Gasteiger partial charge in [0, 0.05) is 37.1 Å². The molecule has 0 aliphatic heterocycles. The minimum atomic E-state index is -0.420. The topological polar surface area (TPSA) is 83.8 Å². The number of nitrogens with zero attached hydrogens (tertiary/aromatic N) is 2. The van der Waals surface area contributed by atoms with Crippen molar-refractivity contribution in [2.45, 2.75) is 13.3 Å². The second-order valence-electron chi connectivity index (χ2n) is 4.01. The van der Waals surface area contributed by atoms with Crippen LogP contribution in [0.25, 0.3) is 0 Å². The fourth-order valence-corrected chi connectivity index (χ4v) is 1.67. The van der Waals surface area contributed by atoms with Crippen molar-refractivity contribution >= 4 is 11.5 Å². The SMILES string of the molecule is Cc1cnc(NCCc2ccc[nH]2)c([N+](=O)[O-])c1. The van der Waals surface area contributed by atoms with Crippen LogP contribution in [0.1, 0.15) is 11.3 Å². The highest BCUT2D eigenvalue weighted by molar-refractivity contribution is 5.56. The van der Waals surface area contributed by atoms with Gasteiger partial charge in [-0.1, -0.05) is 0 Å². The molecule has 0 unspecified atom stereocenters. The number of aromatic amines is 1. The van der Waals surface area contributed by atoms with Crippen LogP contribution in [0.3, 0.4) is 0 Å². The van der Waals surface area contributed by atoms with E-state index in [1.165, 1.54) is 6.07 Å². The number of hydrogen-bond acceptors (Lipinski definition) is 4. The largest absolute Gasteiger partial charge is 0.365 e. The molecule has 0 saturated heterocycles. The van der Waals surface area contributed by atoms with Crippen molar-refractivity contribution in [2.24, 2.45) is 0 Å². The van der Waals surface area contributed by atoms with Gasteiger partial charge in [-0.05, 0) is 24.6 Å². The lowest BCUT2D eigenvalue weighted by atomic mass is 10.2. The molecule has 0 spiro atoms. The minimum Gasteiger partial charge on any atom is -0.365 e. The van der Waals surface area contributed by atoms with Gasteiger partial charge in [0.25, 0.3) is 0 Å². The van der Waals surface area contributed by atoms with E-state index in [1.54, 1.807) is 13.1 Å². The maximum atomic E-state index is 10.9. The van der Waals surface area contributed by atoms with Gasteiger partial charge in [-0.15, -0.1) is 0 Å². The van der Waals surface area contributed by atoms with Crippen molar-refractivity contribution in [1.82, 2.24) is 9.97 Å². The van der Waals surface area contributed by atoms with Gasteiger partial charge in [0.2, 0.25) is 5.82 Å². The number of aromatic nitrogens is 2. The summed E-state index contributed by atoms with van der Waals surface area (Å²) in [5.41, 5.74) is 1.87. The number of rotatable bonds is 5. The first-order valence-electron chi connectivity index (χ1n) is 5.64. The molecule has 0 atom stereocenters. The molecule has 6 heteroatoms. The quantitative estimate of drug-likeness (QED) is 0.626. The van der Waals surface area contributed by atoms with Gasteiger partial charge < -0.3 is 10.3 Å². The fraction of sp³-hybridized carbons (Fsp3) is 0.250. The van der Waals surface area contributed by atoms with E-state index in [0.717, 1.165) is 17.7 Å². The molecular weight excluding hydrogens is 232 g/mol. The Labute approximate surface area is 104 Å². The van der Waals surface area contributed by atoms with E-state index in [2.05, 4.69) is 15.3 Å². The summed E-state index contributed by atoms with van der Waals surface area (Å²) >= 11 is 0. The number of hydrogen-bond donors (Lipinski definition) is 2. The first-order valence-corrected chi connectivity index (χ1v) is 5.64. The molecule has 94 valence electrons. The smallest absolute Gasteiger partial charge is 0.311 e. The molecule has 0 aliphatic rings. The summed E-state index contributed by atoms with van der Waals surface area (Å²) in [6.07, 6.45) is 4.23. The summed E-state index contributed by atoms with van der Waals surface area (Å²) in [4.78, 5) is 17.6. The predicted octanol–water partition coefficient (Wildman–Crippen LogP) is 2.28. The van der Waals surface area contributed by atoms with Crippen molar-refractivity contribution < 1.29 is 4.92 Å². The van der Waals surface area contributed by atoms with E-state index in [-0.39, 0.29) is 5.69 Å². The lowest BCUT2D eigenvalue weighted by Gasteiger charge is -2.05. The third-order valence-corrected chi connectivity index (χ3v) is 2.55. The molecule has 2 heterocycles. The summed E-state index contributed by atoms with van der Waals surface area (Å²) in [7, 11) is 0. The number of aryl methyl sites for hydroxylation is 1. The monoisotopic (exact) mass is 246 g/mol. The van der Waals surface area contributed by atoms with Crippen LogP contribution in [-0.4, -0.2) is 21.4 Å². The summed E-state index contributed by atoms with van der Waals surface area (Å²) < 4.78 is 0. The molecule has 2 aromatic heterocycles. The number of nitrogens with one attached hydrogen (secondary N) is 2. The molecule has 0 radical (unpaired) electrons. The molecule has 2 rings (SSSR count). The van der Waals surface area contributed by atoms with Gasteiger partial charge in [-0.3, -0.25) is 10.1 Å². The Kier molecular flexibility index (Phi) is 3.57. The second-order valence-corrected chi connectivity index (χ2v) is 4.01. The van der Waals surface area contributed by atoms with Crippen LogP contribution in [0.5, 0.6) is 0 Å². The summed E-state index contributed by atoms with van der Waals surface area (Å²) in [5, 5.41) is 13.9.